The van der Waals surface area contributed by atoms with Crippen LogP contribution < -0.4 is 5.32 Å². The van der Waals surface area contributed by atoms with Gasteiger partial charge in [0.25, 0.3) is 0 Å². The van der Waals surface area contributed by atoms with Crippen molar-refractivity contribution in [2.75, 3.05) is 5.32 Å². The SMILES string of the molecule is Cc1nn(C(C)(C)C)cc1C(C)Nc1ncc(Cl)cn1. The van der Waals surface area contributed by atoms with Gasteiger partial charge in [-0.25, -0.2) is 9.97 Å². The molecule has 5 nitrogen and oxygen atoms in total. The Kier molecular flexibility index (Phi) is 3.99. The highest BCUT2D eigenvalue weighted by Gasteiger charge is 2.19. The molecule has 20 heavy (non-hydrogen) atoms. The molecule has 0 aliphatic heterocycles. The van der Waals surface area contributed by atoms with Gasteiger partial charge in [0.15, 0.2) is 0 Å². The van der Waals surface area contributed by atoms with Gasteiger partial charge in [-0.2, -0.15) is 5.10 Å². The molecule has 0 spiro atoms. The van der Waals surface area contributed by atoms with Crippen molar-refractivity contribution >= 4 is 17.5 Å². The summed E-state index contributed by atoms with van der Waals surface area (Å²) in [6.45, 7) is 10.5. The first kappa shape index (κ1) is 14.8. The Morgan fingerprint density at radius 3 is 2.35 bits per heavy atom. The zero-order valence-corrected chi connectivity index (χ0v) is 13.2. The summed E-state index contributed by atoms with van der Waals surface area (Å²) in [6.07, 6.45) is 5.23. The van der Waals surface area contributed by atoms with Crippen molar-refractivity contribution < 1.29 is 0 Å². The predicted octanol–water partition coefficient (Wildman–Crippen LogP) is 3.56. The first-order valence-electron chi connectivity index (χ1n) is 6.58. The molecule has 2 rings (SSSR count). The molecule has 108 valence electrons. The highest BCUT2D eigenvalue weighted by Crippen LogP contribution is 2.23. The van der Waals surface area contributed by atoms with Crippen molar-refractivity contribution in [3.05, 3.63) is 34.9 Å². The number of anilines is 1. The molecule has 1 unspecified atom stereocenters. The fraction of sp³-hybridized carbons (Fsp3) is 0.500. The Labute approximate surface area is 124 Å². The van der Waals surface area contributed by atoms with E-state index in [0.717, 1.165) is 11.3 Å². The third-order valence-corrected chi connectivity index (χ3v) is 3.25. The van der Waals surface area contributed by atoms with Crippen LogP contribution in [0.3, 0.4) is 0 Å². The number of aryl methyl sites for hydroxylation is 1. The lowest BCUT2D eigenvalue weighted by molar-refractivity contribution is 0.354. The number of nitrogens with one attached hydrogen (secondary N) is 1. The Bertz CT molecular complexity index is 583. The second-order valence-electron chi connectivity index (χ2n) is 5.88. The summed E-state index contributed by atoms with van der Waals surface area (Å²) in [5, 5.41) is 8.36. The molecule has 0 aliphatic carbocycles. The number of hydrogen-bond donors (Lipinski definition) is 1. The van der Waals surface area contributed by atoms with E-state index in [2.05, 4.69) is 54.3 Å². The van der Waals surface area contributed by atoms with E-state index >= 15 is 0 Å². The predicted molar refractivity (Wildman–Crippen MR) is 81.0 cm³/mol. The lowest BCUT2D eigenvalue weighted by atomic mass is 10.1. The van der Waals surface area contributed by atoms with Gasteiger partial charge in [0.1, 0.15) is 0 Å². The minimum Gasteiger partial charge on any atom is -0.348 e. The van der Waals surface area contributed by atoms with E-state index in [0.29, 0.717) is 11.0 Å². The molecule has 2 heterocycles. The van der Waals surface area contributed by atoms with E-state index in [9.17, 15) is 0 Å². The van der Waals surface area contributed by atoms with Crippen molar-refractivity contribution in [2.45, 2.75) is 46.2 Å². The minimum atomic E-state index is -0.0283. The van der Waals surface area contributed by atoms with Gasteiger partial charge in [-0.15, -0.1) is 0 Å². The molecule has 0 saturated heterocycles. The fourth-order valence-electron chi connectivity index (χ4n) is 1.90. The molecule has 0 aliphatic rings. The summed E-state index contributed by atoms with van der Waals surface area (Å²) in [6, 6.07) is 0.0762. The van der Waals surface area contributed by atoms with Crippen molar-refractivity contribution in [3.63, 3.8) is 0 Å². The molecule has 0 fully saturated rings. The van der Waals surface area contributed by atoms with Crippen LogP contribution in [0.15, 0.2) is 18.6 Å². The highest BCUT2D eigenvalue weighted by molar-refractivity contribution is 6.30. The first-order valence-corrected chi connectivity index (χ1v) is 6.96. The summed E-state index contributed by atoms with van der Waals surface area (Å²) < 4.78 is 1.98. The second-order valence-corrected chi connectivity index (χ2v) is 6.31. The Balaban J connectivity index is 2.19. The van der Waals surface area contributed by atoms with Gasteiger partial charge in [-0.05, 0) is 34.6 Å². The van der Waals surface area contributed by atoms with Crippen molar-refractivity contribution in [1.82, 2.24) is 19.7 Å². The zero-order chi connectivity index (χ0) is 14.9. The molecule has 0 aromatic carbocycles. The Morgan fingerprint density at radius 2 is 1.85 bits per heavy atom. The molecular weight excluding hydrogens is 274 g/mol. The van der Waals surface area contributed by atoms with Gasteiger partial charge in [-0.3, -0.25) is 4.68 Å². The minimum absolute atomic E-state index is 0.0283. The van der Waals surface area contributed by atoms with Gasteiger partial charge in [0, 0.05) is 11.8 Å². The second kappa shape index (κ2) is 5.40. The zero-order valence-electron chi connectivity index (χ0n) is 12.5. The summed E-state index contributed by atoms with van der Waals surface area (Å²) in [7, 11) is 0. The highest BCUT2D eigenvalue weighted by atomic mass is 35.5. The van der Waals surface area contributed by atoms with E-state index in [4.69, 9.17) is 11.6 Å². The Morgan fingerprint density at radius 1 is 1.25 bits per heavy atom. The average Bonchev–Trinajstić information content (AvgIpc) is 2.74. The topological polar surface area (TPSA) is 55.6 Å². The van der Waals surface area contributed by atoms with E-state index in [1.54, 1.807) is 12.4 Å². The molecule has 0 bridgehead atoms. The molecular formula is C14H20ClN5. The quantitative estimate of drug-likeness (QED) is 0.940. The maximum absolute atomic E-state index is 5.78. The molecule has 0 amide bonds. The summed E-state index contributed by atoms with van der Waals surface area (Å²) >= 11 is 5.78. The molecule has 6 heteroatoms. The maximum atomic E-state index is 5.78. The number of hydrogen-bond acceptors (Lipinski definition) is 4. The van der Waals surface area contributed by atoms with Gasteiger partial charge < -0.3 is 5.32 Å². The number of halogens is 1. The summed E-state index contributed by atoms with van der Waals surface area (Å²) in [5.41, 5.74) is 2.12. The van der Waals surface area contributed by atoms with Gasteiger partial charge in [0.2, 0.25) is 5.95 Å². The lowest BCUT2D eigenvalue weighted by Crippen LogP contribution is -2.22. The van der Waals surface area contributed by atoms with Crippen molar-refractivity contribution in [1.29, 1.82) is 0 Å². The van der Waals surface area contributed by atoms with Gasteiger partial charge in [0.05, 0.1) is 34.7 Å². The number of rotatable bonds is 3. The van der Waals surface area contributed by atoms with Crippen LogP contribution in [0.25, 0.3) is 0 Å². The fourth-order valence-corrected chi connectivity index (χ4v) is 2.00. The summed E-state index contributed by atoms with van der Waals surface area (Å²) in [4.78, 5) is 8.30. The van der Waals surface area contributed by atoms with Crippen LogP contribution in [0.2, 0.25) is 5.02 Å². The van der Waals surface area contributed by atoms with Gasteiger partial charge >= 0.3 is 0 Å². The first-order chi connectivity index (χ1) is 9.27. The van der Waals surface area contributed by atoms with Crippen LogP contribution in [0.1, 0.15) is 45.0 Å². The number of aromatic nitrogens is 4. The molecule has 2 aromatic rings. The maximum Gasteiger partial charge on any atom is 0.223 e. The van der Waals surface area contributed by atoms with Crippen molar-refractivity contribution in [2.24, 2.45) is 0 Å². The van der Waals surface area contributed by atoms with Crippen LogP contribution in [0.5, 0.6) is 0 Å². The Hall–Kier alpha value is -1.62. The van der Waals surface area contributed by atoms with Crippen LogP contribution in [0, 0.1) is 6.92 Å². The van der Waals surface area contributed by atoms with E-state index in [-0.39, 0.29) is 11.6 Å². The van der Waals surface area contributed by atoms with Crippen LogP contribution in [-0.4, -0.2) is 19.7 Å². The normalized spacial score (nSPS) is 13.3. The lowest BCUT2D eigenvalue weighted by Gasteiger charge is -2.19. The smallest absolute Gasteiger partial charge is 0.223 e. The third-order valence-electron chi connectivity index (χ3n) is 3.06. The van der Waals surface area contributed by atoms with Crippen LogP contribution >= 0.6 is 11.6 Å². The van der Waals surface area contributed by atoms with Crippen LogP contribution in [-0.2, 0) is 5.54 Å². The molecule has 0 saturated carbocycles. The van der Waals surface area contributed by atoms with E-state index in [1.807, 2.05) is 11.6 Å². The average molecular weight is 294 g/mol. The molecule has 0 radical (unpaired) electrons. The molecule has 2 aromatic heterocycles. The molecule has 1 atom stereocenters. The number of nitrogens with zero attached hydrogens (tertiary/aromatic N) is 4. The van der Waals surface area contributed by atoms with Crippen LogP contribution in [0.4, 0.5) is 5.95 Å². The third kappa shape index (κ3) is 3.28. The largest absolute Gasteiger partial charge is 0.348 e. The van der Waals surface area contributed by atoms with E-state index in [1.165, 1.54) is 0 Å². The monoisotopic (exact) mass is 293 g/mol. The molecule has 1 N–H and O–H groups in total. The standard InChI is InChI=1S/C14H20ClN5/c1-9(18-13-16-6-11(15)7-17-13)12-8-20(14(3,4)5)19-10(12)2/h6-9H,1-5H3,(H,16,17,18). The van der Waals surface area contributed by atoms with E-state index < -0.39 is 0 Å². The van der Waals surface area contributed by atoms with Gasteiger partial charge in [-0.1, -0.05) is 11.6 Å². The summed E-state index contributed by atoms with van der Waals surface area (Å²) in [5.74, 6) is 0.560. The van der Waals surface area contributed by atoms with Crippen molar-refractivity contribution in [3.8, 4) is 0 Å².